The summed E-state index contributed by atoms with van der Waals surface area (Å²) in [6, 6.07) is 7.27. The van der Waals surface area contributed by atoms with Gasteiger partial charge in [-0.1, -0.05) is 17.7 Å². The monoisotopic (exact) mass is 299 g/mol. The number of hydrogen-bond donors (Lipinski definition) is 2. The predicted molar refractivity (Wildman–Crippen MR) is 80.4 cm³/mol. The third-order valence-corrected chi connectivity index (χ3v) is 3.74. The number of aromatic nitrogens is 3. The summed E-state index contributed by atoms with van der Waals surface area (Å²) in [6.45, 7) is 2.67. The number of piperidine rings is 1. The van der Waals surface area contributed by atoms with Gasteiger partial charge in [-0.15, -0.1) is 0 Å². The number of benzene rings is 1. The van der Waals surface area contributed by atoms with Crippen LogP contribution in [0.1, 0.15) is 28.9 Å². The van der Waals surface area contributed by atoms with Gasteiger partial charge in [-0.05, 0) is 31.9 Å². The van der Waals surface area contributed by atoms with Crippen LogP contribution in [-0.2, 0) is 4.79 Å². The lowest BCUT2D eigenvalue weighted by Gasteiger charge is -2.32. The molecule has 0 radical (unpaired) electrons. The van der Waals surface area contributed by atoms with Gasteiger partial charge in [-0.25, -0.2) is 0 Å². The number of hydrogen-bond acceptors (Lipinski definition) is 4. The third-order valence-electron chi connectivity index (χ3n) is 3.74. The summed E-state index contributed by atoms with van der Waals surface area (Å²) in [5.74, 6) is -0.482. The van der Waals surface area contributed by atoms with Crippen LogP contribution in [0.4, 0.5) is 5.69 Å². The topological polar surface area (TPSA) is 91.0 Å². The Bertz CT molecular complexity index is 666. The molecule has 1 aliphatic rings. The lowest BCUT2D eigenvalue weighted by atomic mass is 10.0. The number of amides is 2. The second-order valence-electron chi connectivity index (χ2n) is 5.35. The minimum atomic E-state index is -0.528. The fraction of sp³-hybridized carbons (Fsp3) is 0.333. The van der Waals surface area contributed by atoms with Gasteiger partial charge in [0.1, 0.15) is 6.04 Å². The molecule has 7 heteroatoms. The van der Waals surface area contributed by atoms with Crippen LogP contribution >= 0.6 is 0 Å². The molecule has 2 amide bonds. The predicted octanol–water partition coefficient (Wildman–Crippen LogP) is 1.04. The Kier molecular flexibility index (Phi) is 3.86. The van der Waals surface area contributed by atoms with Gasteiger partial charge in [-0.2, -0.15) is 15.4 Å². The Hall–Kier alpha value is -2.70. The van der Waals surface area contributed by atoms with Crippen LogP contribution in [0.15, 0.2) is 30.5 Å². The highest BCUT2D eigenvalue weighted by Crippen LogP contribution is 2.21. The zero-order valence-corrected chi connectivity index (χ0v) is 12.2. The van der Waals surface area contributed by atoms with Gasteiger partial charge in [0.2, 0.25) is 5.91 Å². The van der Waals surface area contributed by atoms with E-state index < -0.39 is 11.9 Å². The van der Waals surface area contributed by atoms with Crippen LogP contribution in [0.2, 0.25) is 0 Å². The van der Waals surface area contributed by atoms with Gasteiger partial charge < -0.3 is 10.2 Å². The van der Waals surface area contributed by atoms with Crippen LogP contribution in [0.5, 0.6) is 0 Å². The van der Waals surface area contributed by atoms with E-state index >= 15 is 0 Å². The smallest absolute Gasteiger partial charge is 0.274 e. The Morgan fingerprint density at radius 3 is 2.82 bits per heavy atom. The molecule has 2 aromatic rings. The summed E-state index contributed by atoms with van der Waals surface area (Å²) in [7, 11) is 0. The molecule has 0 saturated carbocycles. The zero-order chi connectivity index (χ0) is 15.5. The van der Waals surface area contributed by atoms with Crippen molar-refractivity contribution in [2.75, 3.05) is 11.4 Å². The minimum absolute atomic E-state index is 0.0908. The summed E-state index contributed by atoms with van der Waals surface area (Å²) in [5.41, 5.74) is 2.18. The first-order valence-electron chi connectivity index (χ1n) is 7.20. The van der Waals surface area contributed by atoms with Crippen molar-refractivity contribution in [1.82, 2.24) is 20.7 Å². The molecule has 114 valence electrons. The fourth-order valence-corrected chi connectivity index (χ4v) is 2.53. The average molecular weight is 299 g/mol. The lowest BCUT2D eigenvalue weighted by molar-refractivity contribution is -0.121. The zero-order valence-electron chi connectivity index (χ0n) is 12.2. The molecular formula is C15H17N5O2. The van der Waals surface area contributed by atoms with Crippen LogP contribution in [0.3, 0.4) is 0 Å². The van der Waals surface area contributed by atoms with Crippen molar-refractivity contribution < 1.29 is 9.59 Å². The maximum atomic E-state index is 12.6. The van der Waals surface area contributed by atoms with E-state index in [-0.39, 0.29) is 11.6 Å². The molecule has 0 bridgehead atoms. The summed E-state index contributed by atoms with van der Waals surface area (Å²) >= 11 is 0. The first kappa shape index (κ1) is 14.2. The summed E-state index contributed by atoms with van der Waals surface area (Å²) in [6.07, 6.45) is 2.80. The van der Waals surface area contributed by atoms with E-state index in [2.05, 4.69) is 20.7 Å². The van der Waals surface area contributed by atoms with Gasteiger partial charge >= 0.3 is 0 Å². The number of anilines is 1. The molecule has 1 aliphatic heterocycles. The number of rotatable bonds is 3. The standard InChI is InChI=1S/C15H17N5O2/c1-10-4-6-11(7-5-10)20-8-2-3-12(15(20)22)17-14(21)13-9-16-19-18-13/h4-7,9,12H,2-3,8H2,1H3,(H,17,21)(H,16,18,19)/t12-/m0/s1. The van der Waals surface area contributed by atoms with Crippen molar-refractivity contribution >= 4 is 17.5 Å². The van der Waals surface area contributed by atoms with E-state index in [1.54, 1.807) is 4.90 Å². The number of carbonyl (C=O) groups is 2. The van der Waals surface area contributed by atoms with Gasteiger partial charge in [0.25, 0.3) is 5.91 Å². The van der Waals surface area contributed by atoms with E-state index in [0.29, 0.717) is 13.0 Å². The molecule has 1 aromatic carbocycles. The number of nitrogens with one attached hydrogen (secondary N) is 2. The molecule has 1 fully saturated rings. The van der Waals surface area contributed by atoms with Gasteiger partial charge in [0.15, 0.2) is 5.69 Å². The fourth-order valence-electron chi connectivity index (χ4n) is 2.53. The molecule has 3 rings (SSSR count). The van der Waals surface area contributed by atoms with E-state index in [9.17, 15) is 9.59 Å². The highest BCUT2D eigenvalue weighted by molar-refractivity contribution is 6.02. The number of carbonyl (C=O) groups excluding carboxylic acids is 2. The highest BCUT2D eigenvalue weighted by atomic mass is 16.2. The van der Waals surface area contributed by atoms with Crippen LogP contribution in [0.25, 0.3) is 0 Å². The van der Waals surface area contributed by atoms with Crippen molar-refractivity contribution in [2.45, 2.75) is 25.8 Å². The second-order valence-corrected chi connectivity index (χ2v) is 5.35. The molecule has 7 nitrogen and oxygen atoms in total. The van der Waals surface area contributed by atoms with Gasteiger partial charge in [-0.3, -0.25) is 9.59 Å². The van der Waals surface area contributed by atoms with Gasteiger partial charge in [0.05, 0.1) is 6.20 Å². The van der Waals surface area contributed by atoms with E-state index in [1.807, 2.05) is 31.2 Å². The minimum Gasteiger partial charge on any atom is -0.339 e. The molecule has 1 aromatic heterocycles. The first-order valence-corrected chi connectivity index (χ1v) is 7.20. The number of nitrogens with zero attached hydrogens (tertiary/aromatic N) is 3. The Morgan fingerprint density at radius 2 is 2.14 bits per heavy atom. The maximum absolute atomic E-state index is 12.6. The Balaban J connectivity index is 1.72. The van der Waals surface area contributed by atoms with Crippen LogP contribution < -0.4 is 10.2 Å². The SMILES string of the molecule is Cc1ccc(N2CCC[C@H](NC(=O)c3cn[nH]n3)C2=O)cc1. The van der Waals surface area contributed by atoms with Crippen LogP contribution in [-0.4, -0.2) is 39.8 Å². The Labute approximate surface area is 127 Å². The molecule has 1 saturated heterocycles. The molecule has 2 heterocycles. The molecule has 1 atom stereocenters. The van der Waals surface area contributed by atoms with Gasteiger partial charge in [0, 0.05) is 12.2 Å². The molecule has 0 aliphatic carbocycles. The van der Waals surface area contributed by atoms with E-state index in [4.69, 9.17) is 0 Å². The summed E-state index contributed by atoms with van der Waals surface area (Å²) in [4.78, 5) is 26.3. The largest absolute Gasteiger partial charge is 0.339 e. The highest BCUT2D eigenvalue weighted by Gasteiger charge is 2.31. The van der Waals surface area contributed by atoms with Crippen molar-refractivity contribution in [3.05, 3.63) is 41.7 Å². The van der Waals surface area contributed by atoms with Crippen LogP contribution in [0, 0.1) is 6.92 Å². The number of aryl methyl sites for hydroxylation is 1. The molecule has 0 spiro atoms. The van der Waals surface area contributed by atoms with Crippen molar-refractivity contribution in [3.63, 3.8) is 0 Å². The third kappa shape index (κ3) is 2.83. The average Bonchev–Trinajstić information content (AvgIpc) is 3.05. The molecule has 0 unspecified atom stereocenters. The van der Waals surface area contributed by atoms with Crippen molar-refractivity contribution in [2.24, 2.45) is 0 Å². The molecule has 2 N–H and O–H groups in total. The maximum Gasteiger partial charge on any atom is 0.274 e. The lowest BCUT2D eigenvalue weighted by Crippen LogP contribution is -2.52. The Morgan fingerprint density at radius 1 is 1.36 bits per heavy atom. The van der Waals surface area contributed by atoms with E-state index in [1.165, 1.54) is 6.20 Å². The second kappa shape index (κ2) is 5.97. The molecule has 22 heavy (non-hydrogen) atoms. The normalized spacial score (nSPS) is 18.3. The number of H-pyrrole nitrogens is 1. The van der Waals surface area contributed by atoms with E-state index in [0.717, 1.165) is 17.7 Å². The first-order chi connectivity index (χ1) is 10.6. The quantitative estimate of drug-likeness (QED) is 0.886. The summed E-state index contributed by atoms with van der Waals surface area (Å²) < 4.78 is 0. The molecular weight excluding hydrogens is 282 g/mol. The summed E-state index contributed by atoms with van der Waals surface area (Å²) in [5, 5.41) is 12.4. The van der Waals surface area contributed by atoms with Crippen molar-refractivity contribution in [3.8, 4) is 0 Å². The van der Waals surface area contributed by atoms with Crippen molar-refractivity contribution in [1.29, 1.82) is 0 Å². The number of aromatic amines is 1.